The fourth-order valence-corrected chi connectivity index (χ4v) is 4.17. The molecule has 2 atom stereocenters. The Morgan fingerprint density at radius 2 is 0.800 bits per heavy atom. The summed E-state index contributed by atoms with van der Waals surface area (Å²) in [5, 5.41) is 5.93. The Hall–Kier alpha value is -4.84. The van der Waals surface area contributed by atoms with Crippen LogP contribution < -0.4 is 10.6 Å². The van der Waals surface area contributed by atoms with Crippen LogP contribution in [0.2, 0.25) is 0 Å². The van der Waals surface area contributed by atoms with E-state index in [-0.39, 0.29) is 25.3 Å². The Labute approximate surface area is 235 Å². The molecule has 0 radical (unpaired) electrons. The zero-order chi connectivity index (χ0) is 27.8. The minimum absolute atomic E-state index is 0.180. The normalized spacial score (nSPS) is 12.3. The highest BCUT2D eigenvalue weighted by atomic mass is 16.6. The van der Waals surface area contributed by atoms with Crippen LogP contribution >= 0.6 is 0 Å². The van der Waals surface area contributed by atoms with E-state index in [0.717, 1.165) is 22.3 Å². The topological polar surface area (TPSA) is 76.7 Å². The maximum atomic E-state index is 12.7. The van der Waals surface area contributed by atoms with Crippen molar-refractivity contribution in [3.8, 4) is 0 Å². The third kappa shape index (κ3) is 10.1. The lowest BCUT2D eigenvalue weighted by Crippen LogP contribution is -2.38. The van der Waals surface area contributed by atoms with Gasteiger partial charge in [0, 0.05) is 0 Å². The van der Waals surface area contributed by atoms with E-state index in [1.54, 1.807) is 0 Å². The summed E-state index contributed by atoms with van der Waals surface area (Å²) in [5.41, 5.74) is 3.95. The van der Waals surface area contributed by atoms with Gasteiger partial charge in [-0.15, -0.1) is 0 Å². The van der Waals surface area contributed by atoms with Gasteiger partial charge in [-0.05, 0) is 35.1 Å². The average molecular weight is 535 g/mol. The van der Waals surface area contributed by atoms with E-state index in [2.05, 4.69) is 10.6 Å². The molecule has 6 nitrogen and oxygen atoms in total. The van der Waals surface area contributed by atoms with Crippen LogP contribution in [0.15, 0.2) is 133 Å². The maximum Gasteiger partial charge on any atom is 0.407 e. The van der Waals surface area contributed by atoms with Gasteiger partial charge in [-0.3, -0.25) is 0 Å². The average Bonchev–Trinajstić information content (AvgIpc) is 3.00. The summed E-state index contributed by atoms with van der Waals surface area (Å²) < 4.78 is 10.9. The third-order valence-electron chi connectivity index (χ3n) is 6.20. The van der Waals surface area contributed by atoms with Gasteiger partial charge in [0.15, 0.2) is 0 Å². The molecular weight excluding hydrogens is 500 g/mol. The Balaban J connectivity index is 1.44. The number of nitrogens with one attached hydrogen (secondary N) is 2. The molecule has 0 aromatic heterocycles. The fraction of sp³-hybridized carbons (Fsp3) is 0.176. The van der Waals surface area contributed by atoms with E-state index >= 15 is 0 Å². The van der Waals surface area contributed by atoms with E-state index in [1.807, 2.05) is 133 Å². The summed E-state index contributed by atoms with van der Waals surface area (Å²) in [4.78, 5) is 25.4. The minimum Gasteiger partial charge on any atom is -0.445 e. The zero-order valence-electron chi connectivity index (χ0n) is 22.3. The van der Waals surface area contributed by atoms with Crippen molar-refractivity contribution < 1.29 is 19.1 Å². The Kier molecular flexibility index (Phi) is 10.9. The van der Waals surface area contributed by atoms with Gasteiger partial charge < -0.3 is 20.1 Å². The molecule has 40 heavy (non-hydrogen) atoms. The molecular formula is C34H34N2O4. The molecule has 2 amide bonds. The molecule has 0 heterocycles. The van der Waals surface area contributed by atoms with Crippen molar-refractivity contribution in [2.45, 2.75) is 38.1 Å². The molecule has 4 rings (SSSR count). The molecule has 0 spiro atoms. The second-order valence-electron chi connectivity index (χ2n) is 9.39. The second-order valence-corrected chi connectivity index (χ2v) is 9.39. The van der Waals surface area contributed by atoms with Crippen molar-refractivity contribution in [1.29, 1.82) is 0 Å². The van der Waals surface area contributed by atoms with Crippen LogP contribution in [0.4, 0.5) is 9.59 Å². The van der Waals surface area contributed by atoms with E-state index in [9.17, 15) is 9.59 Å². The lowest BCUT2D eigenvalue weighted by molar-refractivity contribution is 0.136. The second kappa shape index (κ2) is 15.5. The first-order valence-corrected chi connectivity index (χ1v) is 13.3. The lowest BCUT2D eigenvalue weighted by atomic mass is 10.0. The third-order valence-corrected chi connectivity index (χ3v) is 6.20. The molecule has 4 aromatic carbocycles. The number of amides is 2. The summed E-state index contributed by atoms with van der Waals surface area (Å²) in [5.74, 6) is 0. The molecule has 0 saturated heterocycles. The molecule has 204 valence electrons. The minimum atomic E-state index is -0.510. The quantitative estimate of drug-likeness (QED) is 0.200. The monoisotopic (exact) mass is 534 g/mol. The Morgan fingerprint density at radius 1 is 0.500 bits per heavy atom. The number of hydrogen-bond acceptors (Lipinski definition) is 4. The number of benzene rings is 4. The van der Waals surface area contributed by atoms with Crippen LogP contribution in [-0.2, 0) is 35.5 Å². The number of hydrogen-bond donors (Lipinski definition) is 2. The van der Waals surface area contributed by atoms with E-state index in [4.69, 9.17) is 9.47 Å². The van der Waals surface area contributed by atoms with E-state index in [1.165, 1.54) is 0 Å². The Bertz CT molecular complexity index is 1220. The summed E-state index contributed by atoms with van der Waals surface area (Å²) in [6.45, 7) is 0.361. The van der Waals surface area contributed by atoms with E-state index in [0.29, 0.717) is 12.8 Å². The first-order valence-electron chi connectivity index (χ1n) is 13.3. The van der Waals surface area contributed by atoms with Gasteiger partial charge >= 0.3 is 12.2 Å². The van der Waals surface area contributed by atoms with Gasteiger partial charge in [0.2, 0.25) is 0 Å². The first-order chi connectivity index (χ1) is 19.6. The highest BCUT2D eigenvalue weighted by Gasteiger charge is 2.15. The highest BCUT2D eigenvalue weighted by molar-refractivity contribution is 5.68. The summed E-state index contributed by atoms with van der Waals surface area (Å²) in [6, 6.07) is 38.2. The predicted molar refractivity (Wildman–Crippen MR) is 157 cm³/mol. The highest BCUT2D eigenvalue weighted by Crippen LogP contribution is 2.10. The summed E-state index contributed by atoms with van der Waals surface area (Å²) in [6.07, 6.45) is 3.92. The largest absolute Gasteiger partial charge is 0.445 e. The molecule has 0 aliphatic rings. The SMILES string of the molecule is O=C(N[C@@H](C=C[C@@H](Cc1ccccc1)NC(=O)OCc1ccccc1)Cc1ccccc1)OCc1ccccc1. The number of carbonyl (C=O) groups is 2. The Morgan fingerprint density at radius 3 is 1.12 bits per heavy atom. The van der Waals surface area contributed by atoms with Crippen molar-refractivity contribution in [3.63, 3.8) is 0 Å². The molecule has 0 saturated carbocycles. The molecule has 0 bridgehead atoms. The number of rotatable bonds is 12. The summed E-state index contributed by atoms with van der Waals surface area (Å²) >= 11 is 0. The maximum absolute atomic E-state index is 12.7. The van der Waals surface area contributed by atoms with Crippen LogP contribution in [0.1, 0.15) is 22.3 Å². The van der Waals surface area contributed by atoms with Crippen LogP contribution in [0.3, 0.4) is 0 Å². The van der Waals surface area contributed by atoms with Gasteiger partial charge in [0.05, 0.1) is 12.1 Å². The lowest BCUT2D eigenvalue weighted by Gasteiger charge is -2.19. The smallest absolute Gasteiger partial charge is 0.407 e. The number of alkyl carbamates (subject to hydrolysis) is 2. The van der Waals surface area contributed by atoms with Crippen LogP contribution in [-0.4, -0.2) is 24.3 Å². The summed E-state index contributed by atoms with van der Waals surface area (Å²) in [7, 11) is 0. The van der Waals surface area contributed by atoms with Gasteiger partial charge in [-0.1, -0.05) is 133 Å². The molecule has 0 unspecified atom stereocenters. The molecule has 6 heteroatoms. The zero-order valence-corrected chi connectivity index (χ0v) is 22.3. The van der Waals surface area contributed by atoms with Gasteiger partial charge in [0.1, 0.15) is 13.2 Å². The van der Waals surface area contributed by atoms with Gasteiger partial charge in [-0.2, -0.15) is 0 Å². The van der Waals surface area contributed by atoms with Crippen molar-refractivity contribution in [1.82, 2.24) is 10.6 Å². The molecule has 0 aliphatic carbocycles. The van der Waals surface area contributed by atoms with Crippen LogP contribution in [0.25, 0.3) is 0 Å². The van der Waals surface area contributed by atoms with Crippen LogP contribution in [0, 0.1) is 0 Å². The molecule has 0 aliphatic heterocycles. The van der Waals surface area contributed by atoms with Crippen LogP contribution in [0.5, 0.6) is 0 Å². The van der Waals surface area contributed by atoms with Crippen molar-refractivity contribution in [2.75, 3.05) is 0 Å². The van der Waals surface area contributed by atoms with Gasteiger partial charge in [0.25, 0.3) is 0 Å². The standard InChI is InChI=1S/C34H34N2O4/c37-33(39-25-29-17-9-3-10-18-29)35-31(23-27-13-5-1-6-14-27)21-22-32(24-28-15-7-2-8-16-28)36-34(38)40-26-30-19-11-4-12-20-30/h1-22,31-32H,23-26H2,(H,35,37)(H,36,38)/t31-,32-/m0/s1. The van der Waals surface area contributed by atoms with E-state index < -0.39 is 12.2 Å². The van der Waals surface area contributed by atoms with Crippen molar-refractivity contribution in [3.05, 3.63) is 156 Å². The fourth-order valence-electron chi connectivity index (χ4n) is 4.17. The number of ether oxygens (including phenoxy) is 2. The molecule has 2 N–H and O–H groups in total. The van der Waals surface area contributed by atoms with Gasteiger partial charge in [-0.25, -0.2) is 9.59 Å². The predicted octanol–water partition coefficient (Wildman–Crippen LogP) is 6.62. The first kappa shape index (κ1) is 28.2. The van der Waals surface area contributed by atoms with Crippen molar-refractivity contribution in [2.24, 2.45) is 0 Å². The number of carbonyl (C=O) groups excluding carboxylic acids is 2. The van der Waals surface area contributed by atoms with Crippen molar-refractivity contribution >= 4 is 12.2 Å². The molecule has 4 aromatic rings. The molecule has 0 fully saturated rings.